The number of carbonyl (C=O) groups excluding carboxylic acids is 1. The second-order valence-corrected chi connectivity index (χ2v) is 8.63. The lowest BCUT2D eigenvalue weighted by molar-refractivity contribution is -0.162. The van der Waals surface area contributed by atoms with Gasteiger partial charge >= 0.3 is 0 Å². The molecular formula is C17H26N2O6S. The standard InChI is InChI=1S/C17H26N2O6S/c1-12(2)7-17(20)19(21)11-26(22,23)18-6-5-13-8-15(24-3)16(25-4)9-14(13)10-18/h8-9,12,21H,5-7,10-11H2,1-4H3. The van der Waals surface area contributed by atoms with Crippen LogP contribution in [0.15, 0.2) is 12.1 Å². The van der Waals surface area contributed by atoms with E-state index in [1.807, 2.05) is 19.9 Å². The Morgan fingerprint density at radius 1 is 1.23 bits per heavy atom. The topological polar surface area (TPSA) is 96.4 Å². The maximum Gasteiger partial charge on any atom is 0.247 e. The Labute approximate surface area is 154 Å². The lowest BCUT2D eigenvalue weighted by Gasteiger charge is -2.30. The first-order valence-corrected chi connectivity index (χ1v) is 9.99. The van der Waals surface area contributed by atoms with Crippen LogP contribution in [0.1, 0.15) is 31.4 Å². The van der Waals surface area contributed by atoms with Gasteiger partial charge in [0.15, 0.2) is 17.4 Å². The number of fused-ring (bicyclic) bond motifs is 1. The number of hydrogen-bond acceptors (Lipinski definition) is 6. The third-order valence-electron chi connectivity index (χ3n) is 4.23. The first-order valence-electron chi connectivity index (χ1n) is 8.38. The van der Waals surface area contributed by atoms with E-state index in [1.165, 1.54) is 11.4 Å². The Hall–Kier alpha value is -1.84. The molecule has 0 spiro atoms. The summed E-state index contributed by atoms with van der Waals surface area (Å²) in [6, 6.07) is 3.61. The second kappa shape index (κ2) is 8.24. The van der Waals surface area contributed by atoms with Crippen molar-refractivity contribution in [3.05, 3.63) is 23.3 Å². The van der Waals surface area contributed by atoms with E-state index < -0.39 is 21.8 Å². The molecule has 0 bridgehead atoms. The van der Waals surface area contributed by atoms with Crippen molar-refractivity contribution in [1.29, 1.82) is 0 Å². The van der Waals surface area contributed by atoms with E-state index >= 15 is 0 Å². The van der Waals surface area contributed by atoms with E-state index in [0.717, 1.165) is 11.1 Å². The molecule has 146 valence electrons. The van der Waals surface area contributed by atoms with Gasteiger partial charge in [0.05, 0.1) is 14.2 Å². The van der Waals surface area contributed by atoms with Gasteiger partial charge in [-0.2, -0.15) is 4.31 Å². The molecule has 26 heavy (non-hydrogen) atoms. The summed E-state index contributed by atoms with van der Waals surface area (Å²) in [5, 5.41) is 10.1. The number of carbonyl (C=O) groups is 1. The van der Waals surface area contributed by atoms with Crippen molar-refractivity contribution >= 4 is 15.9 Å². The van der Waals surface area contributed by atoms with Crippen molar-refractivity contribution in [3.63, 3.8) is 0 Å². The molecule has 8 nitrogen and oxygen atoms in total. The molecule has 0 radical (unpaired) electrons. The van der Waals surface area contributed by atoms with Gasteiger partial charge < -0.3 is 9.47 Å². The molecular weight excluding hydrogens is 360 g/mol. The maximum absolute atomic E-state index is 12.6. The molecule has 0 aliphatic carbocycles. The highest BCUT2D eigenvalue weighted by molar-refractivity contribution is 7.89. The molecule has 9 heteroatoms. The van der Waals surface area contributed by atoms with Gasteiger partial charge in [-0.15, -0.1) is 0 Å². The maximum atomic E-state index is 12.6. The number of ether oxygens (including phenoxy) is 2. The second-order valence-electron chi connectivity index (χ2n) is 6.69. The van der Waals surface area contributed by atoms with Gasteiger partial charge in [-0.3, -0.25) is 10.0 Å². The van der Waals surface area contributed by atoms with E-state index in [-0.39, 0.29) is 25.4 Å². The highest BCUT2D eigenvalue weighted by atomic mass is 32.2. The summed E-state index contributed by atoms with van der Waals surface area (Å²) >= 11 is 0. The minimum atomic E-state index is -3.82. The van der Waals surface area contributed by atoms with Crippen LogP contribution in [0.5, 0.6) is 11.5 Å². The summed E-state index contributed by atoms with van der Waals surface area (Å²) in [5.74, 6) is -0.192. The average molecular weight is 386 g/mol. The van der Waals surface area contributed by atoms with Crippen LogP contribution < -0.4 is 9.47 Å². The van der Waals surface area contributed by atoms with Crippen molar-refractivity contribution in [2.24, 2.45) is 5.92 Å². The van der Waals surface area contributed by atoms with E-state index in [4.69, 9.17) is 9.47 Å². The van der Waals surface area contributed by atoms with Gasteiger partial charge in [0.1, 0.15) is 0 Å². The molecule has 0 aromatic heterocycles. The summed E-state index contributed by atoms with van der Waals surface area (Å²) < 4.78 is 37.0. The fraction of sp³-hybridized carbons (Fsp3) is 0.588. The average Bonchev–Trinajstić information content (AvgIpc) is 2.58. The monoisotopic (exact) mass is 386 g/mol. The largest absolute Gasteiger partial charge is 0.493 e. The van der Waals surface area contributed by atoms with E-state index in [2.05, 4.69) is 0 Å². The third-order valence-corrected chi connectivity index (χ3v) is 5.90. The molecule has 0 saturated heterocycles. The molecule has 0 fully saturated rings. The SMILES string of the molecule is COc1cc2c(cc1OC)CN(S(=O)(=O)CN(O)C(=O)CC(C)C)CC2. The van der Waals surface area contributed by atoms with Crippen molar-refractivity contribution in [1.82, 2.24) is 9.37 Å². The molecule has 0 saturated carbocycles. The van der Waals surface area contributed by atoms with E-state index in [0.29, 0.717) is 23.0 Å². The quantitative estimate of drug-likeness (QED) is 0.565. The minimum Gasteiger partial charge on any atom is -0.493 e. The van der Waals surface area contributed by atoms with Crippen LogP contribution in [0, 0.1) is 5.92 Å². The zero-order valence-electron chi connectivity index (χ0n) is 15.6. The van der Waals surface area contributed by atoms with Gasteiger partial charge in [-0.05, 0) is 35.6 Å². The molecule has 1 amide bonds. The van der Waals surface area contributed by atoms with Crippen molar-refractivity contribution < 1.29 is 27.9 Å². The van der Waals surface area contributed by atoms with Crippen LogP contribution >= 0.6 is 0 Å². The Morgan fingerprint density at radius 3 is 2.35 bits per heavy atom. The Kier molecular flexibility index (Phi) is 6.48. The Morgan fingerprint density at radius 2 is 1.81 bits per heavy atom. The molecule has 1 aromatic carbocycles. The molecule has 1 aliphatic heterocycles. The number of hydroxylamine groups is 2. The predicted molar refractivity (Wildman–Crippen MR) is 95.5 cm³/mol. The number of benzene rings is 1. The summed E-state index contributed by atoms with van der Waals surface area (Å²) in [7, 11) is -0.756. The fourth-order valence-corrected chi connectivity index (χ4v) is 4.18. The molecule has 0 unspecified atom stereocenters. The minimum absolute atomic E-state index is 0.0316. The van der Waals surface area contributed by atoms with Crippen LogP contribution in [-0.4, -0.2) is 55.5 Å². The van der Waals surface area contributed by atoms with Gasteiger partial charge in [-0.25, -0.2) is 13.5 Å². The smallest absolute Gasteiger partial charge is 0.247 e. The molecule has 1 aliphatic rings. The van der Waals surface area contributed by atoms with Gasteiger partial charge in [-0.1, -0.05) is 13.8 Å². The van der Waals surface area contributed by atoms with Crippen molar-refractivity contribution in [3.8, 4) is 11.5 Å². The summed E-state index contributed by atoms with van der Waals surface area (Å²) in [4.78, 5) is 11.8. The highest BCUT2D eigenvalue weighted by Gasteiger charge is 2.30. The van der Waals surface area contributed by atoms with E-state index in [1.54, 1.807) is 13.2 Å². The zero-order valence-corrected chi connectivity index (χ0v) is 16.4. The van der Waals surface area contributed by atoms with Gasteiger partial charge in [0.25, 0.3) is 0 Å². The first-order chi connectivity index (χ1) is 12.2. The molecule has 1 aromatic rings. The Balaban J connectivity index is 2.14. The van der Waals surface area contributed by atoms with Crippen LogP contribution in [0.25, 0.3) is 0 Å². The normalized spacial score (nSPS) is 14.8. The van der Waals surface area contributed by atoms with Gasteiger partial charge in [0.2, 0.25) is 15.9 Å². The fourth-order valence-electron chi connectivity index (χ4n) is 2.86. The van der Waals surface area contributed by atoms with Crippen LogP contribution in [0.4, 0.5) is 0 Å². The van der Waals surface area contributed by atoms with Crippen LogP contribution in [0.2, 0.25) is 0 Å². The number of hydrogen-bond donors (Lipinski definition) is 1. The number of amides is 1. The highest BCUT2D eigenvalue weighted by Crippen LogP contribution is 2.33. The third kappa shape index (κ3) is 4.66. The summed E-state index contributed by atoms with van der Waals surface area (Å²) in [6.07, 6.45) is 0.603. The molecule has 1 heterocycles. The molecule has 2 rings (SSSR count). The molecule has 1 N–H and O–H groups in total. The van der Waals surface area contributed by atoms with Crippen LogP contribution in [0.3, 0.4) is 0 Å². The van der Waals surface area contributed by atoms with Crippen molar-refractivity contribution in [2.75, 3.05) is 26.6 Å². The zero-order chi connectivity index (χ0) is 19.5. The van der Waals surface area contributed by atoms with E-state index in [9.17, 15) is 18.4 Å². The number of methoxy groups -OCH3 is 2. The Bertz CT molecular complexity index is 763. The van der Waals surface area contributed by atoms with Crippen LogP contribution in [-0.2, 0) is 27.8 Å². The number of rotatable bonds is 7. The predicted octanol–water partition coefficient (Wildman–Crippen LogP) is 1.61. The first kappa shape index (κ1) is 20.5. The summed E-state index contributed by atoms with van der Waals surface area (Å²) in [5.41, 5.74) is 1.81. The lowest BCUT2D eigenvalue weighted by Crippen LogP contribution is -2.43. The van der Waals surface area contributed by atoms with Crippen molar-refractivity contribution in [2.45, 2.75) is 33.2 Å². The molecule has 0 atom stereocenters. The lowest BCUT2D eigenvalue weighted by atomic mass is 10.0. The summed E-state index contributed by atoms with van der Waals surface area (Å²) in [6.45, 7) is 4.08. The van der Waals surface area contributed by atoms with Gasteiger partial charge in [0, 0.05) is 19.5 Å². The number of nitrogens with zero attached hydrogens (tertiary/aromatic N) is 2. The number of sulfonamides is 1.